The van der Waals surface area contributed by atoms with Crippen molar-refractivity contribution in [3.63, 3.8) is 0 Å². The third-order valence-corrected chi connectivity index (χ3v) is 3.99. The molecule has 0 fully saturated rings. The first-order valence-corrected chi connectivity index (χ1v) is 8.49. The largest absolute Gasteiger partial charge is 0.383 e. The van der Waals surface area contributed by atoms with Crippen LogP contribution in [0.2, 0.25) is 5.02 Å². The van der Waals surface area contributed by atoms with E-state index in [-0.39, 0.29) is 11.6 Å². The zero-order valence-corrected chi connectivity index (χ0v) is 14.6. The zero-order chi connectivity index (χ0) is 18.4. The molecule has 2 aromatic carbocycles. The molecule has 6 heteroatoms. The van der Waals surface area contributed by atoms with Crippen molar-refractivity contribution in [2.24, 2.45) is 0 Å². The molecule has 0 atom stereocenters. The zero-order valence-electron chi connectivity index (χ0n) is 13.9. The summed E-state index contributed by atoms with van der Waals surface area (Å²) < 4.78 is 13.2. The molecule has 2 N–H and O–H groups in total. The van der Waals surface area contributed by atoms with Crippen LogP contribution in [0.5, 0.6) is 0 Å². The standard InChI is InChI=1S/C20H17ClFN3O/c21-15-6-4-14(5-7-15)10-11-23-18-8-9-19(24-13-18)20(26)25-17-3-1-2-16(22)12-17/h1-9,12-13,23H,10-11H2,(H,25,26). The van der Waals surface area contributed by atoms with Crippen LogP contribution in [0.4, 0.5) is 15.8 Å². The molecule has 0 aliphatic heterocycles. The van der Waals surface area contributed by atoms with Crippen LogP contribution < -0.4 is 10.6 Å². The fourth-order valence-corrected chi connectivity index (χ4v) is 2.52. The Kier molecular flexibility index (Phi) is 5.81. The van der Waals surface area contributed by atoms with Crippen LogP contribution in [-0.2, 0) is 6.42 Å². The normalized spacial score (nSPS) is 10.4. The molecular formula is C20H17ClFN3O. The summed E-state index contributed by atoms with van der Waals surface area (Å²) in [5.41, 5.74) is 2.65. The minimum Gasteiger partial charge on any atom is -0.383 e. The average Bonchev–Trinajstić information content (AvgIpc) is 2.64. The average molecular weight is 370 g/mol. The maximum Gasteiger partial charge on any atom is 0.274 e. The van der Waals surface area contributed by atoms with Gasteiger partial charge in [-0.05, 0) is 54.4 Å². The minimum absolute atomic E-state index is 0.262. The monoisotopic (exact) mass is 369 g/mol. The quantitative estimate of drug-likeness (QED) is 0.657. The van der Waals surface area contributed by atoms with E-state index in [1.165, 1.54) is 23.8 Å². The van der Waals surface area contributed by atoms with Gasteiger partial charge in [-0.15, -0.1) is 0 Å². The number of rotatable bonds is 6. The van der Waals surface area contributed by atoms with Crippen molar-refractivity contribution in [1.29, 1.82) is 0 Å². The number of amides is 1. The highest BCUT2D eigenvalue weighted by molar-refractivity contribution is 6.30. The number of nitrogens with zero attached hydrogens (tertiary/aromatic N) is 1. The molecule has 132 valence electrons. The molecule has 1 amide bonds. The SMILES string of the molecule is O=C(Nc1cccc(F)c1)c1ccc(NCCc2ccc(Cl)cc2)cn1. The third kappa shape index (κ3) is 5.04. The van der Waals surface area contributed by atoms with E-state index in [0.717, 1.165) is 23.7 Å². The first-order chi connectivity index (χ1) is 12.6. The Balaban J connectivity index is 1.52. The van der Waals surface area contributed by atoms with Crippen LogP contribution in [0, 0.1) is 5.82 Å². The predicted octanol–water partition coefficient (Wildman–Crippen LogP) is 4.78. The number of hydrogen-bond acceptors (Lipinski definition) is 3. The molecule has 3 rings (SSSR count). The minimum atomic E-state index is -0.406. The summed E-state index contributed by atoms with van der Waals surface area (Å²) in [5, 5.41) is 6.59. The molecule has 26 heavy (non-hydrogen) atoms. The first kappa shape index (κ1) is 17.9. The highest BCUT2D eigenvalue weighted by Gasteiger charge is 2.08. The summed E-state index contributed by atoms with van der Waals surface area (Å²) in [6.07, 6.45) is 2.45. The van der Waals surface area contributed by atoms with E-state index >= 15 is 0 Å². The van der Waals surface area contributed by atoms with Gasteiger partial charge in [-0.1, -0.05) is 29.8 Å². The van der Waals surface area contributed by atoms with Gasteiger partial charge in [0.2, 0.25) is 0 Å². The Labute approximate surface area is 156 Å². The van der Waals surface area contributed by atoms with Crippen molar-refractivity contribution in [3.05, 3.63) is 89.0 Å². The number of halogens is 2. The number of anilines is 2. The van der Waals surface area contributed by atoms with Crippen LogP contribution in [0.3, 0.4) is 0 Å². The van der Waals surface area contributed by atoms with Crippen molar-refractivity contribution in [1.82, 2.24) is 4.98 Å². The molecule has 0 radical (unpaired) electrons. The van der Waals surface area contributed by atoms with Crippen molar-refractivity contribution in [2.45, 2.75) is 6.42 Å². The van der Waals surface area contributed by atoms with Gasteiger partial charge in [-0.3, -0.25) is 4.79 Å². The summed E-state index contributed by atoms with van der Waals surface area (Å²) in [6.45, 7) is 0.734. The number of aromatic nitrogens is 1. The van der Waals surface area contributed by atoms with E-state index in [9.17, 15) is 9.18 Å². The van der Waals surface area contributed by atoms with Crippen molar-refractivity contribution < 1.29 is 9.18 Å². The predicted molar refractivity (Wildman–Crippen MR) is 102 cm³/mol. The van der Waals surface area contributed by atoms with Gasteiger partial charge in [0.1, 0.15) is 11.5 Å². The van der Waals surface area contributed by atoms with E-state index in [1.807, 2.05) is 24.3 Å². The Morgan fingerprint density at radius 3 is 2.54 bits per heavy atom. The molecule has 0 aliphatic carbocycles. The molecular weight excluding hydrogens is 353 g/mol. The second-order valence-corrected chi connectivity index (χ2v) is 6.14. The molecule has 0 saturated carbocycles. The highest BCUT2D eigenvalue weighted by Crippen LogP contribution is 2.13. The Hall–Kier alpha value is -2.92. The molecule has 0 unspecified atom stereocenters. The number of carbonyl (C=O) groups excluding carboxylic acids is 1. The van der Waals surface area contributed by atoms with Gasteiger partial charge in [-0.2, -0.15) is 0 Å². The second kappa shape index (κ2) is 8.45. The summed E-state index contributed by atoms with van der Waals surface area (Å²) in [4.78, 5) is 16.3. The van der Waals surface area contributed by atoms with Gasteiger partial charge >= 0.3 is 0 Å². The van der Waals surface area contributed by atoms with E-state index in [1.54, 1.807) is 24.4 Å². The summed E-state index contributed by atoms with van der Waals surface area (Å²) >= 11 is 5.87. The van der Waals surface area contributed by atoms with Crippen LogP contribution in [-0.4, -0.2) is 17.4 Å². The summed E-state index contributed by atoms with van der Waals surface area (Å²) in [5.74, 6) is -0.792. The molecule has 1 heterocycles. The van der Waals surface area contributed by atoms with Crippen molar-refractivity contribution in [3.8, 4) is 0 Å². The second-order valence-electron chi connectivity index (χ2n) is 5.70. The van der Waals surface area contributed by atoms with Gasteiger partial charge in [0, 0.05) is 17.3 Å². The maximum absolute atomic E-state index is 13.2. The molecule has 3 aromatic rings. The van der Waals surface area contributed by atoms with Crippen LogP contribution in [0.25, 0.3) is 0 Å². The fraction of sp³-hybridized carbons (Fsp3) is 0.100. The fourth-order valence-electron chi connectivity index (χ4n) is 2.40. The number of carbonyl (C=O) groups is 1. The third-order valence-electron chi connectivity index (χ3n) is 3.73. The van der Waals surface area contributed by atoms with Gasteiger partial charge < -0.3 is 10.6 Å². The highest BCUT2D eigenvalue weighted by atomic mass is 35.5. The molecule has 0 bridgehead atoms. The molecule has 1 aromatic heterocycles. The number of pyridine rings is 1. The lowest BCUT2D eigenvalue weighted by Gasteiger charge is -2.08. The first-order valence-electron chi connectivity index (χ1n) is 8.11. The van der Waals surface area contributed by atoms with Crippen LogP contribution in [0.1, 0.15) is 16.1 Å². The van der Waals surface area contributed by atoms with E-state index in [0.29, 0.717) is 5.69 Å². The van der Waals surface area contributed by atoms with E-state index in [4.69, 9.17) is 11.6 Å². The Morgan fingerprint density at radius 2 is 1.85 bits per heavy atom. The Bertz CT molecular complexity index is 882. The molecule has 0 saturated heterocycles. The Morgan fingerprint density at radius 1 is 1.04 bits per heavy atom. The van der Waals surface area contributed by atoms with Crippen LogP contribution >= 0.6 is 11.6 Å². The summed E-state index contributed by atoms with van der Waals surface area (Å²) in [6, 6.07) is 16.8. The van der Waals surface area contributed by atoms with Crippen molar-refractivity contribution in [2.75, 3.05) is 17.2 Å². The topological polar surface area (TPSA) is 54.0 Å². The lowest BCUT2D eigenvalue weighted by Crippen LogP contribution is -2.14. The number of nitrogens with one attached hydrogen (secondary N) is 2. The van der Waals surface area contributed by atoms with Gasteiger partial charge in [0.25, 0.3) is 5.91 Å². The van der Waals surface area contributed by atoms with Crippen LogP contribution in [0.15, 0.2) is 66.9 Å². The van der Waals surface area contributed by atoms with Gasteiger partial charge in [-0.25, -0.2) is 9.37 Å². The lowest BCUT2D eigenvalue weighted by atomic mass is 10.1. The number of benzene rings is 2. The van der Waals surface area contributed by atoms with Gasteiger partial charge in [0.05, 0.1) is 11.9 Å². The molecule has 4 nitrogen and oxygen atoms in total. The van der Waals surface area contributed by atoms with E-state index < -0.39 is 5.82 Å². The molecule has 0 spiro atoms. The number of hydrogen-bond donors (Lipinski definition) is 2. The maximum atomic E-state index is 13.2. The van der Waals surface area contributed by atoms with E-state index in [2.05, 4.69) is 15.6 Å². The van der Waals surface area contributed by atoms with Gasteiger partial charge in [0.15, 0.2) is 0 Å². The molecule has 0 aliphatic rings. The van der Waals surface area contributed by atoms with Crippen molar-refractivity contribution >= 4 is 28.9 Å². The summed E-state index contributed by atoms with van der Waals surface area (Å²) in [7, 11) is 0. The smallest absolute Gasteiger partial charge is 0.274 e. The lowest BCUT2D eigenvalue weighted by molar-refractivity contribution is 0.102.